The van der Waals surface area contributed by atoms with Gasteiger partial charge in [0.1, 0.15) is 0 Å². The van der Waals surface area contributed by atoms with Gasteiger partial charge in [-0.2, -0.15) is 4.31 Å². The molecule has 0 atom stereocenters. The highest BCUT2D eigenvalue weighted by Gasteiger charge is 2.37. The van der Waals surface area contributed by atoms with Crippen LogP contribution in [0.25, 0.3) is 0 Å². The highest BCUT2D eigenvalue weighted by Crippen LogP contribution is 2.22. The first-order valence-electron chi connectivity index (χ1n) is 9.35. The maximum absolute atomic E-state index is 12.6. The van der Waals surface area contributed by atoms with Crippen molar-refractivity contribution in [2.45, 2.75) is 17.4 Å². The van der Waals surface area contributed by atoms with E-state index in [0.29, 0.717) is 23.6 Å². The molecule has 3 rings (SSSR count). The van der Waals surface area contributed by atoms with Crippen LogP contribution in [0.15, 0.2) is 66.1 Å². The molecule has 0 bridgehead atoms. The second-order valence-corrected chi connectivity index (χ2v) is 9.27. The lowest BCUT2D eigenvalue weighted by Crippen LogP contribution is -2.60. The molecule has 1 heterocycles. The Kier molecular flexibility index (Phi) is 6.91. The Morgan fingerprint density at radius 2 is 1.87 bits per heavy atom. The molecule has 2 aromatic carbocycles. The van der Waals surface area contributed by atoms with Crippen molar-refractivity contribution in [1.82, 2.24) is 14.9 Å². The zero-order valence-corrected chi connectivity index (χ0v) is 17.7. The molecule has 1 aliphatic heterocycles. The number of rotatable bonds is 8. The predicted molar refractivity (Wildman–Crippen MR) is 115 cm³/mol. The molecule has 2 aromatic rings. The Hall–Kier alpha value is -2.68. The smallest absolute Gasteiger partial charge is 0.251 e. The van der Waals surface area contributed by atoms with Crippen LogP contribution in [0.1, 0.15) is 15.9 Å². The number of halogens is 1. The molecule has 0 spiro atoms. The van der Waals surface area contributed by atoms with E-state index >= 15 is 0 Å². The van der Waals surface area contributed by atoms with Crippen LogP contribution in [-0.2, 0) is 21.2 Å². The molecule has 2 N–H and O–H groups in total. The summed E-state index contributed by atoms with van der Waals surface area (Å²) in [5, 5.41) is 6.11. The van der Waals surface area contributed by atoms with E-state index in [9.17, 15) is 18.0 Å². The Balaban J connectivity index is 1.53. The average Bonchev–Trinajstić information content (AvgIpc) is 2.70. The molecule has 30 heavy (non-hydrogen) atoms. The quantitative estimate of drug-likeness (QED) is 0.605. The van der Waals surface area contributed by atoms with E-state index in [0.717, 1.165) is 11.6 Å². The van der Waals surface area contributed by atoms with E-state index in [-0.39, 0.29) is 35.8 Å². The molecular weight excluding hydrogens is 426 g/mol. The summed E-state index contributed by atoms with van der Waals surface area (Å²) in [5.41, 5.74) is 1.39. The van der Waals surface area contributed by atoms with E-state index in [1.807, 2.05) is 18.2 Å². The Labute approximate surface area is 180 Å². The summed E-state index contributed by atoms with van der Waals surface area (Å²) in [6.45, 7) is 4.20. The number of amides is 2. The fourth-order valence-corrected chi connectivity index (χ4v) is 4.77. The fourth-order valence-electron chi connectivity index (χ4n) is 3.03. The van der Waals surface area contributed by atoms with Crippen molar-refractivity contribution in [3.8, 4) is 0 Å². The van der Waals surface area contributed by atoms with Gasteiger partial charge in [-0.1, -0.05) is 30.3 Å². The van der Waals surface area contributed by atoms with Crippen LogP contribution in [-0.4, -0.2) is 50.2 Å². The maximum Gasteiger partial charge on any atom is 0.251 e. The topological polar surface area (TPSA) is 95.6 Å². The van der Waals surface area contributed by atoms with Gasteiger partial charge in [0.25, 0.3) is 5.91 Å². The highest BCUT2D eigenvalue weighted by atomic mass is 35.5. The predicted octanol–water partition coefficient (Wildman–Crippen LogP) is 1.99. The minimum absolute atomic E-state index is 0.103. The number of nitrogens with zero attached hydrogens (tertiary/aromatic N) is 1. The second kappa shape index (κ2) is 9.42. The molecule has 0 radical (unpaired) electrons. The lowest BCUT2D eigenvalue weighted by Gasteiger charge is -2.38. The number of hydrogen-bond donors (Lipinski definition) is 2. The molecule has 0 saturated carbocycles. The van der Waals surface area contributed by atoms with Crippen molar-refractivity contribution in [3.05, 3.63) is 77.3 Å². The van der Waals surface area contributed by atoms with Crippen LogP contribution in [0.2, 0.25) is 5.02 Å². The fraction of sp³-hybridized carbons (Fsp3) is 0.238. The number of sulfonamides is 1. The van der Waals surface area contributed by atoms with Gasteiger partial charge in [0, 0.05) is 30.2 Å². The summed E-state index contributed by atoms with van der Waals surface area (Å²) in [6.07, 6.45) is 1.78. The number of carbonyl (C=O) groups is 2. The number of carbonyl (C=O) groups excluding carboxylic acids is 2. The van der Waals surface area contributed by atoms with Crippen molar-refractivity contribution in [3.63, 3.8) is 0 Å². The van der Waals surface area contributed by atoms with E-state index in [2.05, 4.69) is 17.2 Å². The molecule has 158 valence electrons. The van der Waals surface area contributed by atoms with Gasteiger partial charge in [0.05, 0.1) is 10.9 Å². The minimum atomic E-state index is -3.67. The molecule has 0 aromatic heterocycles. The van der Waals surface area contributed by atoms with Gasteiger partial charge >= 0.3 is 0 Å². The number of benzene rings is 2. The SMILES string of the molecule is C=CC(=O)NC1CN(S(=O)(=O)c2ccc(C(=O)NCCc3cccc(Cl)c3)cc2)C1. The summed E-state index contributed by atoms with van der Waals surface area (Å²) >= 11 is 5.95. The second-order valence-electron chi connectivity index (χ2n) is 6.89. The minimum Gasteiger partial charge on any atom is -0.352 e. The Bertz CT molecular complexity index is 1050. The van der Waals surface area contributed by atoms with Gasteiger partial charge in [0.15, 0.2) is 0 Å². The molecule has 1 saturated heterocycles. The van der Waals surface area contributed by atoms with Gasteiger partial charge < -0.3 is 10.6 Å². The van der Waals surface area contributed by atoms with Crippen LogP contribution in [0.4, 0.5) is 0 Å². The van der Waals surface area contributed by atoms with E-state index in [1.54, 1.807) is 6.07 Å². The molecule has 2 amide bonds. The van der Waals surface area contributed by atoms with Crippen molar-refractivity contribution < 1.29 is 18.0 Å². The molecule has 9 heteroatoms. The van der Waals surface area contributed by atoms with Crippen LogP contribution < -0.4 is 10.6 Å². The summed E-state index contributed by atoms with van der Waals surface area (Å²) in [6, 6.07) is 13.0. The van der Waals surface area contributed by atoms with Crippen molar-refractivity contribution >= 4 is 33.4 Å². The molecular formula is C21H22ClN3O4S. The first-order valence-corrected chi connectivity index (χ1v) is 11.2. The van der Waals surface area contributed by atoms with E-state index in [4.69, 9.17) is 11.6 Å². The third kappa shape index (κ3) is 5.27. The normalized spacial score (nSPS) is 14.6. The largest absolute Gasteiger partial charge is 0.352 e. The Morgan fingerprint density at radius 3 is 2.50 bits per heavy atom. The van der Waals surface area contributed by atoms with E-state index in [1.165, 1.54) is 28.6 Å². The third-order valence-corrected chi connectivity index (χ3v) is 6.80. The number of hydrogen-bond acceptors (Lipinski definition) is 4. The summed E-state index contributed by atoms with van der Waals surface area (Å²) in [4.78, 5) is 23.7. The monoisotopic (exact) mass is 447 g/mol. The van der Waals surface area contributed by atoms with Gasteiger partial charge in [-0.15, -0.1) is 0 Å². The van der Waals surface area contributed by atoms with Crippen LogP contribution in [0, 0.1) is 0 Å². The molecule has 0 unspecified atom stereocenters. The average molecular weight is 448 g/mol. The van der Waals surface area contributed by atoms with E-state index < -0.39 is 10.0 Å². The highest BCUT2D eigenvalue weighted by molar-refractivity contribution is 7.89. The maximum atomic E-state index is 12.6. The lowest BCUT2D eigenvalue weighted by molar-refractivity contribution is -0.117. The van der Waals surface area contributed by atoms with Crippen molar-refractivity contribution in [2.75, 3.05) is 19.6 Å². The zero-order valence-electron chi connectivity index (χ0n) is 16.2. The lowest BCUT2D eigenvalue weighted by atomic mass is 10.1. The van der Waals surface area contributed by atoms with Gasteiger partial charge in [0.2, 0.25) is 15.9 Å². The first-order chi connectivity index (χ1) is 14.3. The van der Waals surface area contributed by atoms with Crippen LogP contribution >= 0.6 is 11.6 Å². The molecule has 0 aliphatic carbocycles. The summed E-state index contributed by atoms with van der Waals surface area (Å²) in [5.74, 6) is -0.611. The standard InChI is InChI=1S/C21H22ClN3O4S/c1-2-20(26)24-18-13-25(14-18)30(28,29)19-8-6-16(7-9-19)21(27)23-11-10-15-4-3-5-17(22)12-15/h2-9,12,18H,1,10-11,13-14H2,(H,23,27)(H,24,26). The first kappa shape index (κ1) is 22.0. The van der Waals surface area contributed by atoms with Crippen LogP contribution in [0.3, 0.4) is 0 Å². The summed E-state index contributed by atoms with van der Waals surface area (Å²) in [7, 11) is -3.67. The molecule has 1 aliphatic rings. The summed E-state index contributed by atoms with van der Waals surface area (Å²) < 4.78 is 26.5. The third-order valence-electron chi connectivity index (χ3n) is 4.72. The van der Waals surface area contributed by atoms with Crippen molar-refractivity contribution in [1.29, 1.82) is 0 Å². The van der Waals surface area contributed by atoms with Crippen molar-refractivity contribution in [2.24, 2.45) is 0 Å². The molecule has 7 nitrogen and oxygen atoms in total. The van der Waals surface area contributed by atoms with Gasteiger partial charge in [-0.3, -0.25) is 9.59 Å². The van der Waals surface area contributed by atoms with Crippen LogP contribution in [0.5, 0.6) is 0 Å². The zero-order chi connectivity index (χ0) is 21.7. The number of nitrogens with one attached hydrogen (secondary N) is 2. The van der Waals surface area contributed by atoms with Gasteiger partial charge in [-0.25, -0.2) is 8.42 Å². The Morgan fingerprint density at radius 1 is 1.17 bits per heavy atom. The van der Waals surface area contributed by atoms with Gasteiger partial charge in [-0.05, 0) is 54.5 Å². The molecule has 1 fully saturated rings.